The normalized spacial score (nSPS) is 11.1. The van der Waals surface area contributed by atoms with Crippen molar-refractivity contribution in [2.24, 2.45) is 20.7 Å². The topological polar surface area (TPSA) is 90.1 Å². The van der Waals surface area contributed by atoms with Gasteiger partial charge < -0.3 is 0 Å². The van der Waals surface area contributed by atoms with Crippen molar-refractivity contribution in [3.05, 3.63) is 58.6 Å². The quantitative estimate of drug-likeness (QED) is 0.521. The zero-order chi connectivity index (χ0) is 19.1. The number of hydrogen-bond acceptors (Lipinski definition) is 6. The molecule has 0 aliphatic rings. The Bertz CT molecular complexity index is 765. The molecule has 0 bridgehead atoms. The van der Waals surface area contributed by atoms with Gasteiger partial charge in [0.1, 0.15) is 0 Å². The molecule has 0 N–H and O–H groups in total. The van der Waals surface area contributed by atoms with Crippen molar-refractivity contribution in [3.8, 4) is 0 Å². The fourth-order valence-electron chi connectivity index (χ4n) is 1.67. The average molecular weight is 393 g/mol. The average Bonchev–Trinajstić information content (AvgIpc) is 2.60. The smallest absolute Gasteiger partial charge is 0.263 e. The summed E-state index contributed by atoms with van der Waals surface area (Å²) in [6.45, 7) is 2.43. The Kier molecular flexibility index (Phi) is 6.76. The summed E-state index contributed by atoms with van der Waals surface area (Å²) in [5, 5.41) is 17.8. The molecule has 0 spiro atoms. The van der Waals surface area contributed by atoms with Crippen LogP contribution in [0.2, 0.25) is 10.0 Å². The van der Waals surface area contributed by atoms with Crippen LogP contribution in [0.15, 0.2) is 69.2 Å². The molecule has 2 rings (SSSR count). The van der Waals surface area contributed by atoms with Gasteiger partial charge in [-0.15, -0.1) is 10.2 Å². The van der Waals surface area contributed by atoms with E-state index in [2.05, 4.69) is 20.7 Å². The Labute approximate surface area is 159 Å². The van der Waals surface area contributed by atoms with Gasteiger partial charge in [-0.3, -0.25) is 9.59 Å². The maximum atomic E-state index is 11.9. The van der Waals surface area contributed by atoms with Crippen LogP contribution >= 0.6 is 23.2 Å². The molecule has 2 aromatic rings. The number of rotatable bonds is 4. The van der Waals surface area contributed by atoms with Gasteiger partial charge in [0.05, 0.1) is 11.4 Å². The van der Waals surface area contributed by atoms with E-state index in [1.807, 2.05) is 0 Å². The SMILES string of the molecule is CC(=O)N(N=Nc1ccc(Cl)cc1)N(N=Nc1ccc(Cl)cc1)C(C)=O. The Morgan fingerprint density at radius 1 is 0.692 bits per heavy atom. The molecular weight excluding hydrogens is 379 g/mol. The van der Waals surface area contributed by atoms with E-state index in [9.17, 15) is 9.59 Å². The third kappa shape index (κ3) is 5.61. The predicted octanol–water partition coefficient (Wildman–Crippen LogP) is 5.30. The lowest BCUT2D eigenvalue weighted by atomic mass is 10.3. The van der Waals surface area contributed by atoms with E-state index in [1.165, 1.54) is 13.8 Å². The number of hydrazine groups is 1. The summed E-state index contributed by atoms with van der Waals surface area (Å²) in [4.78, 5) is 23.7. The first-order valence-corrected chi connectivity index (χ1v) is 8.08. The van der Waals surface area contributed by atoms with E-state index in [0.717, 1.165) is 0 Å². The van der Waals surface area contributed by atoms with Crippen LogP contribution in [0.1, 0.15) is 13.8 Å². The molecule has 0 aromatic heterocycles. The second-order valence-electron chi connectivity index (χ2n) is 4.95. The van der Waals surface area contributed by atoms with E-state index < -0.39 is 11.8 Å². The van der Waals surface area contributed by atoms with E-state index in [1.54, 1.807) is 48.5 Å². The molecule has 0 atom stereocenters. The predicted molar refractivity (Wildman–Crippen MR) is 97.0 cm³/mol. The van der Waals surface area contributed by atoms with Gasteiger partial charge in [0.25, 0.3) is 11.8 Å². The fourth-order valence-corrected chi connectivity index (χ4v) is 1.92. The van der Waals surface area contributed by atoms with Crippen molar-refractivity contribution in [2.45, 2.75) is 13.8 Å². The van der Waals surface area contributed by atoms with Crippen molar-refractivity contribution in [1.82, 2.24) is 10.2 Å². The standard InChI is InChI=1S/C16H14Cl2N6O2/c1-11(25)23(21-19-15-7-3-13(17)4-8-15)24(12(2)26)22-20-16-9-5-14(18)6-10-16/h3-10H,1-2H3. The number of hydrogen-bond donors (Lipinski definition) is 0. The highest BCUT2D eigenvalue weighted by Gasteiger charge is 2.21. The van der Waals surface area contributed by atoms with Crippen LogP contribution in [0.25, 0.3) is 0 Å². The molecule has 0 aliphatic heterocycles. The van der Waals surface area contributed by atoms with Gasteiger partial charge >= 0.3 is 0 Å². The first-order chi connectivity index (χ1) is 12.4. The fraction of sp³-hybridized carbons (Fsp3) is 0.125. The highest BCUT2D eigenvalue weighted by Crippen LogP contribution is 2.19. The molecule has 0 aliphatic carbocycles. The highest BCUT2D eigenvalue weighted by molar-refractivity contribution is 6.30. The largest absolute Gasteiger partial charge is 0.271 e. The lowest BCUT2D eigenvalue weighted by Crippen LogP contribution is -2.40. The Morgan fingerprint density at radius 3 is 1.27 bits per heavy atom. The minimum atomic E-state index is -0.576. The molecule has 8 nitrogen and oxygen atoms in total. The van der Waals surface area contributed by atoms with Gasteiger partial charge in [-0.25, -0.2) is 0 Å². The van der Waals surface area contributed by atoms with E-state index in [0.29, 0.717) is 31.7 Å². The molecule has 26 heavy (non-hydrogen) atoms. The van der Waals surface area contributed by atoms with Crippen molar-refractivity contribution < 1.29 is 9.59 Å². The number of benzene rings is 2. The first kappa shape index (κ1) is 19.5. The van der Waals surface area contributed by atoms with Crippen LogP contribution < -0.4 is 0 Å². The van der Waals surface area contributed by atoms with Gasteiger partial charge in [-0.1, -0.05) is 33.4 Å². The van der Waals surface area contributed by atoms with Gasteiger partial charge in [0.2, 0.25) is 0 Å². The number of halogens is 2. The zero-order valence-corrected chi connectivity index (χ0v) is 15.4. The number of carbonyl (C=O) groups is 2. The number of carbonyl (C=O) groups excluding carboxylic acids is 2. The third-order valence-corrected chi connectivity index (χ3v) is 3.39. The highest BCUT2D eigenvalue weighted by atomic mass is 35.5. The Balaban J connectivity index is 2.24. The Morgan fingerprint density at radius 2 is 1.00 bits per heavy atom. The van der Waals surface area contributed by atoms with Crippen molar-refractivity contribution in [2.75, 3.05) is 0 Å². The van der Waals surface area contributed by atoms with Crippen LogP contribution in [0.4, 0.5) is 11.4 Å². The summed E-state index contributed by atoms with van der Waals surface area (Å²) in [5.74, 6) is -1.15. The maximum Gasteiger partial charge on any atom is 0.263 e. The third-order valence-electron chi connectivity index (χ3n) is 2.89. The summed E-state index contributed by atoms with van der Waals surface area (Å²) < 4.78 is 0. The van der Waals surface area contributed by atoms with Gasteiger partial charge in [-0.2, -0.15) is 0 Å². The molecule has 0 fully saturated rings. The van der Waals surface area contributed by atoms with Gasteiger partial charge in [0.15, 0.2) is 0 Å². The molecule has 10 heteroatoms. The van der Waals surface area contributed by atoms with Crippen LogP contribution in [0.3, 0.4) is 0 Å². The molecule has 0 radical (unpaired) electrons. The second-order valence-corrected chi connectivity index (χ2v) is 5.82. The van der Waals surface area contributed by atoms with E-state index in [4.69, 9.17) is 23.2 Å². The molecule has 0 unspecified atom stereocenters. The molecule has 2 amide bonds. The van der Waals surface area contributed by atoms with E-state index >= 15 is 0 Å². The summed E-state index contributed by atoms with van der Waals surface area (Å²) in [5.41, 5.74) is 0.887. The number of amides is 2. The first-order valence-electron chi connectivity index (χ1n) is 7.32. The molecule has 0 saturated carbocycles. The van der Waals surface area contributed by atoms with Crippen molar-refractivity contribution >= 4 is 46.4 Å². The summed E-state index contributed by atoms with van der Waals surface area (Å²) >= 11 is 11.6. The molecule has 134 valence electrons. The van der Waals surface area contributed by atoms with Crippen molar-refractivity contribution in [1.29, 1.82) is 0 Å². The molecular formula is C16H14Cl2N6O2. The van der Waals surface area contributed by atoms with Gasteiger partial charge in [-0.05, 0) is 59.0 Å². The van der Waals surface area contributed by atoms with E-state index in [-0.39, 0.29) is 0 Å². The lowest BCUT2D eigenvalue weighted by molar-refractivity contribution is -0.163. The minimum absolute atomic E-state index is 0.443. The summed E-state index contributed by atoms with van der Waals surface area (Å²) in [7, 11) is 0. The van der Waals surface area contributed by atoms with Gasteiger partial charge in [0, 0.05) is 23.9 Å². The molecule has 0 saturated heterocycles. The Hall–Kier alpha value is -2.84. The number of nitrogens with zero attached hydrogens (tertiary/aromatic N) is 6. The molecule has 2 aromatic carbocycles. The second kappa shape index (κ2) is 9.02. The van der Waals surface area contributed by atoms with Crippen LogP contribution in [-0.4, -0.2) is 22.1 Å². The van der Waals surface area contributed by atoms with Crippen LogP contribution in [0.5, 0.6) is 0 Å². The maximum absolute atomic E-state index is 11.9. The summed E-state index contributed by atoms with van der Waals surface area (Å²) in [6.07, 6.45) is 0. The van der Waals surface area contributed by atoms with Crippen molar-refractivity contribution in [3.63, 3.8) is 0 Å². The molecule has 0 heterocycles. The zero-order valence-electron chi connectivity index (χ0n) is 13.9. The van der Waals surface area contributed by atoms with Crippen LogP contribution in [0, 0.1) is 0 Å². The lowest BCUT2D eigenvalue weighted by Gasteiger charge is -2.21. The summed E-state index contributed by atoms with van der Waals surface area (Å²) in [6, 6.07) is 12.9. The monoisotopic (exact) mass is 392 g/mol. The van der Waals surface area contributed by atoms with Crippen LogP contribution in [-0.2, 0) is 9.59 Å². The minimum Gasteiger partial charge on any atom is -0.271 e.